The number of sulfonamides is 1. The Hall–Kier alpha value is -2.34. The zero-order valence-electron chi connectivity index (χ0n) is 16.1. The van der Waals surface area contributed by atoms with E-state index < -0.39 is 10.0 Å². The number of hydrogen-bond acceptors (Lipinski definition) is 3. The first kappa shape index (κ1) is 20.0. The van der Waals surface area contributed by atoms with Gasteiger partial charge in [-0.1, -0.05) is 12.1 Å². The maximum Gasteiger partial charge on any atom is 0.251 e. The molecule has 0 heterocycles. The number of benzene rings is 2. The molecule has 0 radical (unpaired) electrons. The number of nitrogens with one attached hydrogen (secondary N) is 2. The van der Waals surface area contributed by atoms with E-state index >= 15 is 0 Å². The van der Waals surface area contributed by atoms with Crippen molar-refractivity contribution in [1.82, 2.24) is 5.32 Å². The van der Waals surface area contributed by atoms with Gasteiger partial charge in [-0.15, -0.1) is 0 Å². The Kier molecular flexibility index (Phi) is 5.76. The fourth-order valence-corrected chi connectivity index (χ4v) is 3.55. The summed E-state index contributed by atoms with van der Waals surface area (Å²) in [6.45, 7) is 9.90. The van der Waals surface area contributed by atoms with Crippen molar-refractivity contribution < 1.29 is 13.2 Å². The lowest BCUT2D eigenvalue weighted by Crippen LogP contribution is -2.27. The third-order valence-corrected chi connectivity index (χ3v) is 5.07. The quantitative estimate of drug-likeness (QED) is 0.836. The van der Waals surface area contributed by atoms with Gasteiger partial charge in [0.15, 0.2) is 0 Å². The minimum Gasteiger partial charge on any atom is -0.346 e. The summed E-state index contributed by atoms with van der Waals surface area (Å²) in [6.07, 6.45) is 1.10. The molecule has 0 saturated heterocycles. The smallest absolute Gasteiger partial charge is 0.251 e. The van der Waals surface area contributed by atoms with Crippen LogP contribution in [0.25, 0.3) is 0 Å². The largest absolute Gasteiger partial charge is 0.346 e. The third-order valence-electron chi connectivity index (χ3n) is 4.48. The first-order chi connectivity index (χ1) is 12.0. The molecule has 2 aromatic rings. The van der Waals surface area contributed by atoms with E-state index in [4.69, 9.17) is 0 Å². The van der Waals surface area contributed by atoms with Crippen LogP contribution in [0, 0.1) is 27.7 Å². The Bertz CT molecular complexity index is 950. The summed E-state index contributed by atoms with van der Waals surface area (Å²) in [5.74, 6) is -0.191. The molecule has 6 heteroatoms. The van der Waals surface area contributed by atoms with Gasteiger partial charge in [-0.25, -0.2) is 8.42 Å². The average Bonchev–Trinajstić information content (AvgIpc) is 2.51. The molecule has 0 saturated carbocycles. The van der Waals surface area contributed by atoms with Crippen LogP contribution in [-0.2, 0) is 10.0 Å². The molecule has 0 unspecified atom stereocenters. The summed E-state index contributed by atoms with van der Waals surface area (Å²) in [5.41, 5.74) is 6.32. The lowest BCUT2D eigenvalue weighted by Gasteiger charge is -2.19. The van der Waals surface area contributed by atoms with Gasteiger partial charge < -0.3 is 5.32 Å². The third kappa shape index (κ3) is 4.85. The highest BCUT2D eigenvalue weighted by atomic mass is 32.2. The van der Waals surface area contributed by atoms with E-state index in [2.05, 4.69) is 36.0 Å². The van der Waals surface area contributed by atoms with Crippen molar-refractivity contribution in [1.29, 1.82) is 0 Å². The van der Waals surface area contributed by atoms with Gasteiger partial charge in [-0.2, -0.15) is 0 Å². The highest BCUT2D eigenvalue weighted by Crippen LogP contribution is 2.23. The van der Waals surface area contributed by atoms with E-state index in [-0.39, 0.29) is 11.9 Å². The minimum absolute atomic E-state index is 0.129. The zero-order chi connectivity index (χ0) is 19.6. The number of aryl methyl sites for hydroxylation is 4. The van der Waals surface area contributed by atoms with Crippen LogP contribution in [0.2, 0.25) is 0 Å². The van der Waals surface area contributed by atoms with Crippen LogP contribution in [0.15, 0.2) is 30.3 Å². The Morgan fingerprint density at radius 2 is 1.54 bits per heavy atom. The average molecular weight is 375 g/mol. The topological polar surface area (TPSA) is 75.3 Å². The molecule has 2 aromatic carbocycles. The fraction of sp³-hybridized carbons (Fsp3) is 0.350. The molecule has 0 aliphatic heterocycles. The van der Waals surface area contributed by atoms with Crippen molar-refractivity contribution in [3.05, 3.63) is 63.7 Å². The van der Waals surface area contributed by atoms with Crippen LogP contribution in [0.4, 0.5) is 5.69 Å². The van der Waals surface area contributed by atoms with Gasteiger partial charge in [0.25, 0.3) is 5.91 Å². The standard InChI is InChI=1S/C20H26N2O3S/c1-12-9-14(3)18(11-13(12)2)16(5)21-20(23)17-7-8-19(15(4)10-17)22-26(6,24)25/h7-11,16,22H,1-6H3,(H,21,23)/t16-/m1/s1. The molecule has 2 rings (SSSR count). The number of rotatable bonds is 5. The van der Waals surface area contributed by atoms with Gasteiger partial charge in [0, 0.05) is 5.56 Å². The van der Waals surface area contributed by atoms with Gasteiger partial charge >= 0.3 is 0 Å². The van der Waals surface area contributed by atoms with Gasteiger partial charge in [-0.3, -0.25) is 9.52 Å². The first-order valence-corrected chi connectivity index (χ1v) is 10.3. The van der Waals surface area contributed by atoms with E-state index in [0.717, 1.165) is 17.4 Å². The van der Waals surface area contributed by atoms with Crippen LogP contribution >= 0.6 is 0 Å². The van der Waals surface area contributed by atoms with E-state index in [1.54, 1.807) is 25.1 Å². The van der Waals surface area contributed by atoms with Crippen LogP contribution in [0.5, 0.6) is 0 Å². The summed E-state index contributed by atoms with van der Waals surface area (Å²) < 4.78 is 25.2. The zero-order valence-corrected chi connectivity index (χ0v) is 16.9. The lowest BCUT2D eigenvalue weighted by molar-refractivity contribution is 0.0939. The van der Waals surface area contributed by atoms with E-state index in [9.17, 15) is 13.2 Å². The molecule has 2 N–H and O–H groups in total. The van der Waals surface area contributed by atoms with Crippen molar-refractivity contribution >= 4 is 21.6 Å². The van der Waals surface area contributed by atoms with Crippen LogP contribution in [-0.4, -0.2) is 20.6 Å². The van der Waals surface area contributed by atoms with E-state index in [1.165, 1.54) is 11.1 Å². The molecule has 26 heavy (non-hydrogen) atoms. The predicted octanol–water partition coefficient (Wildman–Crippen LogP) is 3.78. The molecule has 1 atom stereocenters. The number of carbonyl (C=O) groups is 1. The Balaban J connectivity index is 2.20. The molecule has 0 bridgehead atoms. The summed E-state index contributed by atoms with van der Waals surface area (Å²) in [6, 6.07) is 9.02. The molecule has 0 fully saturated rings. The van der Waals surface area contributed by atoms with Crippen LogP contribution < -0.4 is 10.0 Å². The number of hydrogen-bond donors (Lipinski definition) is 2. The van der Waals surface area contributed by atoms with E-state index in [0.29, 0.717) is 16.8 Å². The number of amides is 1. The molecular formula is C20H26N2O3S. The summed E-state index contributed by atoms with van der Waals surface area (Å²) in [4.78, 5) is 12.6. The molecular weight excluding hydrogens is 348 g/mol. The first-order valence-electron chi connectivity index (χ1n) is 8.45. The van der Waals surface area contributed by atoms with Crippen molar-refractivity contribution in [2.24, 2.45) is 0 Å². The molecule has 1 amide bonds. The molecule has 0 aliphatic carbocycles. The highest BCUT2D eigenvalue weighted by molar-refractivity contribution is 7.92. The Labute approximate surface area is 155 Å². The molecule has 5 nitrogen and oxygen atoms in total. The SMILES string of the molecule is Cc1cc(C)c([C@@H](C)NC(=O)c2ccc(NS(C)(=O)=O)c(C)c2)cc1C. The van der Waals surface area contributed by atoms with Crippen molar-refractivity contribution in [2.45, 2.75) is 40.7 Å². The van der Waals surface area contributed by atoms with E-state index in [1.807, 2.05) is 13.8 Å². The fourth-order valence-electron chi connectivity index (χ4n) is 2.93. The van der Waals surface area contributed by atoms with Gasteiger partial charge in [0.2, 0.25) is 10.0 Å². The maximum atomic E-state index is 12.6. The molecule has 0 aromatic heterocycles. The van der Waals surface area contributed by atoms with Crippen LogP contribution in [0.1, 0.15) is 51.1 Å². The monoisotopic (exact) mass is 374 g/mol. The number of anilines is 1. The minimum atomic E-state index is -3.35. The molecule has 0 spiro atoms. The predicted molar refractivity (Wildman–Crippen MR) is 106 cm³/mol. The van der Waals surface area contributed by atoms with Gasteiger partial charge in [0.1, 0.15) is 0 Å². The Morgan fingerprint density at radius 3 is 2.12 bits per heavy atom. The van der Waals surface area contributed by atoms with Gasteiger partial charge in [0.05, 0.1) is 18.0 Å². The highest BCUT2D eigenvalue weighted by Gasteiger charge is 2.15. The van der Waals surface area contributed by atoms with Crippen molar-refractivity contribution in [2.75, 3.05) is 11.0 Å². The second kappa shape index (κ2) is 7.50. The maximum absolute atomic E-state index is 12.6. The summed E-state index contributed by atoms with van der Waals surface area (Å²) in [5, 5.41) is 3.02. The summed E-state index contributed by atoms with van der Waals surface area (Å²) >= 11 is 0. The summed E-state index contributed by atoms with van der Waals surface area (Å²) in [7, 11) is -3.35. The molecule has 0 aliphatic rings. The van der Waals surface area contributed by atoms with Crippen LogP contribution in [0.3, 0.4) is 0 Å². The lowest BCUT2D eigenvalue weighted by atomic mass is 9.96. The molecule has 140 valence electrons. The second-order valence-corrected chi connectivity index (χ2v) is 8.64. The second-order valence-electron chi connectivity index (χ2n) is 6.89. The van der Waals surface area contributed by atoms with Crippen molar-refractivity contribution in [3.8, 4) is 0 Å². The normalized spacial score (nSPS) is 12.5. The van der Waals surface area contributed by atoms with Crippen molar-refractivity contribution in [3.63, 3.8) is 0 Å². The van der Waals surface area contributed by atoms with Gasteiger partial charge in [-0.05, 0) is 80.6 Å². The Morgan fingerprint density at radius 1 is 0.923 bits per heavy atom. The number of carbonyl (C=O) groups excluding carboxylic acids is 1.